The lowest BCUT2D eigenvalue weighted by atomic mass is 10.1. The van der Waals surface area contributed by atoms with Crippen molar-refractivity contribution in [3.05, 3.63) is 63.6 Å². The largest absolute Gasteiger partial charge is 0.488 e. The lowest BCUT2D eigenvalue weighted by Crippen LogP contribution is -2.31. The van der Waals surface area contributed by atoms with Gasteiger partial charge in [0.15, 0.2) is 0 Å². The van der Waals surface area contributed by atoms with Gasteiger partial charge >= 0.3 is 0 Å². The Kier molecular flexibility index (Phi) is 4.39. The van der Waals surface area contributed by atoms with Gasteiger partial charge in [-0.1, -0.05) is 47.5 Å². The zero-order chi connectivity index (χ0) is 14.8. The first kappa shape index (κ1) is 14.7. The fraction of sp³-hybridized carbons (Fsp3) is 0.294. The second-order valence-electron chi connectivity index (χ2n) is 5.36. The van der Waals surface area contributed by atoms with Crippen molar-refractivity contribution in [2.45, 2.75) is 25.5 Å². The van der Waals surface area contributed by atoms with Crippen LogP contribution in [0.1, 0.15) is 24.1 Å². The monoisotopic (exact) mass is 321 g/mol. The molecule has 2 nitrogen and oxygen atoms in total. The van der Waals surface area contributed by atoms with Gasteiger partial charge in [-0.15, -0.1) is 0 Å². The van der Waals surface area contributed by atoms with Crippen LogP contribution < -0.4 is 10.1 Å². The number of fused-ring (bicyclic) bond motifs is 1. The number of para-hydroxylation sites is 1. The van der Waals surface area contributed by atoms with E-state index in [4.69, 9.17) is 27.9 Å². The Labute approximate surface area is 135 Å². The molecule has 0 aromatic heterocycles. The summed E-state index contributed by atoms with van der Waals surface area (Å²) >= 11 is 12.0. The van der Waals surface area contributed by atoms with Gasteiger partial charge in [0.1, 0.15) is 11.9 Å². The van der Waals surface area contributed by atoms with Gasteiger partial charge in [0.25, 0.3) is 0 Å². The Bertz CT molecular complexity index is 619. The van der Waals surface area contributed by atoms with Crippen molar-refractivity contribution in [2.75, 3.05) is 6.54 Å². The van der Waals surface area contributed by atoms with Crippen molar-refractivity contribution >= 4 is 23.2 Å². The van der Waals surface area contributed by atoms with Crippen LogP contribution in [0, 0.1) is 0 Å². The van der Waals surface area contributed by atoms with Gasteiger partial charge in [0, 0.05) is 19.0 Å². The van der Waals surface area contributed by atoms with E-state index in [1.54, 1.807) is 0 Å². The second-order valence-corrected chi connectivity index (χ2v) is 6.17. The summed E-state index contributed by atoms with van der Waals surface area (Å²) in [6.07, 6.45) is 1.14. The minimum Gasteiger partial charge on any atom is -0.488 e. The number of hydrogen-bond donors (Lipinski definition) is 1. The number of nitrogens with one attached hydrogen (secondary N) is 1. The van der Waals surface area contributed by atoms with Crippen LogP contribution in [0.5, 0.6) is 5.75 Å². The maximum atomic E-state index is 6.06. The molecular formula is C17H17Cl2NO. The molecule has 2 aromatic rings. The molecule has 3 rings (SSSR count). The third-order valence-electron chi connectivity index (χ3n) is 3.81. The summed E-state index contributed by atoms with van der Waals surface area (Å²) in [5.41, 5.74) is 2.41. The fourth-order valence-corrected chi connectivity index (χ4v) is 2.88. The molecule has 110 valence electrons. The van der Waals surface area contributed by atoms with Crippen LogP contribution in [-0.2, 0) is 6.42 Å². The number of ether oxygens (including phenoxy) is 1. The standard InChI is InChI=1S/C17H17Cl2NO/c1-11(12-6-7-15(18)16(19)9-12)20-10-14-8-13-4-2-3-5-17(13)21-14/h2-7,9,11,14,20H,8,10H2,1H3. The number of rotatable bonds is 4. The molecular weight excluding hydrogens is 305 g/mol. The molecule has 1 aliphatic rings. The van der Waals surface area contributed by atoms with Gasteiger partial charge in [-0.05, 0) is 36.2 Å². The highest BCUT2D eigenvalue weighted by Gasteiger charge is 2.22. The van der Waals surface area contributed by atoms with Gasteiger partial charge in [-0.2, -0.15) is 0 Å². The first-order valence-corrected chi connectivity index (χ1v) is 7.82. The minimum atomic E-state index is 0.188. The molecule has 0 bridgehead atoms. The molecule has 2 atom stereocenters. The molecule has 2 unspecified atom stereocenters. The lowest BCUT2D eigenvalue weighted by molar-refractivity contribution is 0.222. The lowest BCUT2D eigenvalue weighted by Gasteiger charge is -2.18. The first-order valence-electron chi connectivity index (χ1n) is 7.06. The highest BCUT2D eigenvalue weighted by atomic mass is 35.5. The predicted octanol–water partition coefficient (Wildman–Crippen LogP) is 4.65. The summed E-state index contributed by atoms with van der Waals surface area (Å²) in [6, 6.07) is 14.1. The molecule has 0 amide bonds. The summed E-state index contributed by atoms with van der Waals surface area (Å²) in [5.74, 6) is 1.01. The van der Waals surface area contributed by atoms with E-state index in [-0.39, 0.29) is 12.1 Å². The van der Waals surface area contributed by atoms with Gasteiger partial charge in [0.05, 0.1) is 10.0 Å². The summed E-state index contributed by atoms with van der Waals surface area (Å²) < 4.78 is 5.93. The highest BCUT2D eigenvalue weighted by molar-refractivity contribution is 6.42. The predicted molar refractivity (Wildman–Crippen MR) is 87.4 cm³/mol. The van der Waals surface area contributed by atoms with Crippen molar-refractivity contribution < 1.29 is 4.74 Å². The molecule has 1 N–H and O–H groups in total. The van der Waals surface area contributed by atoms with E-state index in [9.17, 15) is 0 Å². The summed E-state index contributed by atoms with van der Waals surface area (Å²) in [6.45, 7) is 2.91. The van der Waals surface area contributed by atoms with Crippen LogP contribution in [0.4, 0.5) is 0 Å². The highest BCUT2D eigenvalue weighted by Crippen LogP contribution is 2.29. The molecule has 21 heavy (non-hydrogen) atoms. The first-order chi connectivity index (χ1) is 10.1. The SMILES string of the molecule is CC(NCC1Cc2ccccc2O1)c1ccc(Cl)c(Cl)c1. The van der Waals surface area contributed by atoms with Crippen molar-refractivity contribution in [1.82, 2.24) is 5.32 Å². The van der Waals surface area contributed by atoms with Crippen LogP contribution in [-0.4, -0.2) is 12.6 Å². The minimum absolute atomic E-state index is 0.188. The summed E-state index contributed by atoms with van der Waals surface area (Å²) in [5, 5.41) is 4.67. The Balaban J connectivity index is 1.57. The maximum absolute atomic E-state index is 6.06. The third-order valence-corrected chi connectivity index (χ3v) is 4.55. The fourth-order valence-electron chi connectivity index (χ4n) is 2.58. The molecule has 4 heteroatoms. The van der Waals surface area contributed by atoms with Crippen molar-refractivity contribution in [3.8, 4) is 5.75 Å². The smallest absolute Gasteiger partial charge is 0.123 e. The van der Waals surface area contributed by atoms with E-state index >= 15 is 0 Å². The van der Waals surface area contributed by atoms with Crippen LogP contribution in [0.2, 0.25) is 10.0 Å². The average molecular weight is 322 g/mol. The van der Waals surface area contributed by atoms with E-state index < -0.39 is 0 Å². The Hall–Kier alpha value is -1.22. The van der Waals surface area contributed by atoms with E-state index in [2.05, 4.69) is 24.4 Å². The molecule has 1 heterocycles. The van der Waals surface area contributed by atoms with E-state index in [1.165, 1.54) is 5.56 Å². The molecule has 0 saturated carbocycles. The Morgan fingerprint density at radius 3 is 2.76 bits per heavy atom. The van der Waals surface area contributed by atoms with Crippen LogP contribution in [0.15, 0.2) is 42.5 Å². The molecule has 0 aliphatic carbocycles. The summed E-state index contributed by atoms with van der Waals surface area (Å²) in [7, 11) is 0. The third kappa shape index (κ3) is 3.34. The molecule has 0 spiro atoms. The van der Waals surface area contributed by atoms with Crippen LogP contribution in [0.3, 0.4) is 0 Å². The summed E-state index contributed by atoms with van der Waals surface area (Å²) in [4.78, 5) is 0. The number of hydrogen-bond acceptors (Lipinski definition) is 2. The quantitative estimate of drug-likeness (QED) is 0.885. The van der Waals surface area contributed by atoms with E-state index in [1.807, 2.05) is 30.3 Å². The molecule has 1 aliphatic heterocycles. The molecule has 0 saturated heterocycles. The molecule has 2 aromatic carbocycles. The van der Waals surface area contributed by atoms with Gasteiger partial charge in [-0.3, -0.25) is 0 Å². The normalized spacial score (nSPS) is 18.1. The van der Waals surface area contributed by atoms with Gasteiger partial charge in [0.2, 0.25) is 0 Å². The topological polar surface area (TPSA) is 21.3 Å². The van der Waals surface area contributed by atoms with Crippen molar-refractivity contribution in [3.63, 3.8) is 0 Å². The van der Waals surface area contributed by atoms with Crippen LogP contribution >= 0.6 is 23.2 Å². The van der Waals surface area contributed by atoms with Crippen molar-refractivity contribution in [2.24, 2.45) is 0 Å². The van der Waals surface area contributed by atoms with Gasteiger partial charge in [-0.25, -0.2) is 0 Å². The Morgan fingerprint density at radius 1 is 1.19 bits per heavy atom. The van der Waals surface area contributed by atoms with E-state index in [0.717, 1.165) is 24.3 Å². The zero-order valence-corrected chi connectivity index (χ0v) is 13.3. The number of benzene rings is 2. The molecule has 0 radical (unpaired) electrons. The zero-order valence-electron chi connectivity index (χ0n) is 11.8. The number of halogens is 2. The maximum Gasteiger partial charge on any atom is 0.123 e. The van der Waals surface area contributed by atoms with Crippen molar-refractivity contribution in [1.29, 1.82) is 0 Å². The van der Waals surface area contributed by atoms with Gasteiger partial charge < -0.3 is 10.1 Å². The average Bonchev–Trinajstić information content (AvgIpc) is 2.90. The van der Waals surface area contributed by atoms with E-state index in [0.29, 0.717) is 10.0 Å². The second kappa shape index (κ2) is 6.27. The van der Waals surface area contributed by atoms with Crippen LogP contribution in [0.25, 0.3) is 0 Å². The molecule has 0 fully saturated rings. The Morgan fingerprint density at radius 2 is 2.00 bits per heavy atom.